The average molecular weight is 468 g/mol. The topological polar surface area (TPSA) is 82.8 Å². The highest BCUT2D eigenvalue weighted by molar-refractivity contribution is 6.30. The fraction of sp³-hybridized carbons (Fsp3) is 0.320. The van der Waals surface area contributed by atoms with Gasteiger partial charge < -0.3 is 14.9 Å². The molecule has 0 radical (unpaired) electrons. The molecule has 0 saturated carbocycles. The van der Waals surface area contributed by atoms with Crippen LogP contribution < -0.4 is 0 Å². The second-order valence-electron chi connectivity index (χ2n) is 8.55. The second-order valence-corrected chi connectivity index (χ2v) is 8.99. The zero-order valence-electron chi connectivity index (χ0n) is 18.4. The molecule has 172 valence electrons. The van der Waals surface area contributed by atoms with Crippen LogP contribution in [0.4, 0.5) is 4.79 Å². The van der Waals surface area contributed by atoms with E-state index in [1.54, 1.807) is 39.6 Å². The van der Waals surface area contributed by atoms with Gasteiger partial charge in [0.15, 0.2) is 0 Å². The summed E-state index contributed by atoms with van der Waals surface area (Å²) >= 11 is 5.99. The number of halogens is 1. The summed E-state index contributed by atoms with van der Waals surface area (Å²) in [5.74, 6) is -1.08. The van der Waals surface area contributed by atoms with E-state index in [2.05, 4.69) is 0 Å². The molecule has 8 heteroatoms. The molecule has 1 saturated heterocycles. The summed E-state index contributed by atoms with van der Waals surface area (Å²) in [6, 6.07) is 16.5. The monoisotopic (exact) mass is 467 g/mol. The largest absolute Gasteiger partial charge is 0.481 e. The van der Waals surface area contributed by atoms with E-state index >= 15 is 0 Å². The molecule has 1 aliphatic rings. The molecule has 1 aliphatic heterocycles. The average Bonchev–Trinajstić information content (AvgIpc) is 3.22. The minimum atomic E-state index is -0.988. The lowest BCUT2D eigenvalue weighted by atomic mass is 9.85. The van der Waals surface area contributed by atoms with Crippen LogP contribution in [0, 0.1) is 0 Å². The summed E-state index contributed by atoms with van der Waals surface area (Å²) in [4.78, 5) is 41.3. The third-order valence-electron chi connectivity index (χ3n) is 6.31. The normalized spacial score (nSPS) is 17.6. The van der Waals surface area contributed by atoms with Gasteiger partial charge in [-0.1, -0.05) is 41.9 Å². The van der Waals surface area contributed by atoms with E-state index in [-0.39, 0.29) is 24.9 Å². The number of amides is 2. The minimum Gasteiger partial charge on any atom is -0.481 e. The van der Waals surface area contributed by atoms with Gasteiger partial charge in [0.2, 0.25) is 5.91 Å². The van der Waals surface area contributed by atoms with Crippen molar-refractivity contribution in [2.45, 2.75) is 38.3 Å². The Kier molecular flexibility index (Phi) is 6.42. The quantitative estimate of drug-likeness (QED) is 0.549. The smallest absolute Gasteiger partial charge is 0.329 e. The van der Waals surface area contributed by atoms with Crippen molar-refractivity contribution in [3.8, 4) is 0 Å². The minimum absolute atomic E-state index is 0.0287. The van der Waals surface area contributed by atoms with E-state index in [1.165, 1.54) is 0 Å². The zero-order chi connectivity index (χ0) is 23.6. The summed E-state index contributed by atoms with van der Waals surface area (Å²) in [5, 5.41) is 10.6. The van der Waals surface area contributed by atoms with Crippen LogP contribution in [-0.2, 0) is 16.1 Å². The predicted octanol–water partition coefficient (Wildman–Crippen LogP) is 4.62. The fourth-order valence-corrected chi connectivity index (χ4v) is 4.42. The van der Waals surface area contributed by atoms with Gasteiger partial charge in [-0.15, -0.1) is 0 Å². The molecule has 1 atom stereocenters. The van der Waals surface area contributed by atoms with Crippen LogP contribution >= 0.6 is 11.6 Å². The summed E-state index contributed by atoms with van der Waals surface area (Å²) in [5.41, 5.74) is 0.696. The number of benzene rings is 2. The highest BCUT2D eigenvalue weighted by Crippen LogP contribution is 2.34. The van der Waals surface area contributed by atoms with Crippen molar-refractivity contribution in [1.29, 1.82) is 0 Å². The number of carbonyl (C=O) groups is 3. The number of carboxylic acids is 1. The first-order chi connectivity index (χ1) is 15.8. The SMILES string of the molecule is CC1(C(=O)N(CCCC(=O)O)Cc2ccc(Cl)cc2)CCN1C(=O)n1ccc2ccccc21. The Morgan fingerprint density at radius 3 is 2.48 bits per heavy atom. The van der Waals surface area contributed by atoms with Gasteiger partial charge in [0.05, 0.1) is 5.52 Å². The summed E-state index contributed by atoms with van der Waals surface area (Å²) in [7, 11) is 0. The molecule has 2 aromatic carbocycles. The van der Waals surface area contributed by atoms with Crippen LogP contribution in [0.5, 0.6) is 0 Å². The number of carboxylic acid groups (broad SMARTS) is 1. The van der Waals surface area contributed by atoms with Crippen LogP contribution in [0.25, 0.3) is 10.9 Å². The van der Waals surface area contributed by atoms with E-state index in [9.17, 15) is 14.4 Å². The maximum absolute atomic E-state index is 13.7. The number of rotatable bonds is 7. The van der Waals surface area contributed by atoms with E-state index in [1.807, 2.05) is 42.5 Å². The second kappa shape index (κ2) is 9.27. The Balaban J connectivity index is 1.56. The number of para-hydroxylation sites is 1. The number of carbonyl (C=O) groups excluding carboxylic acids is 2. The molecule has 3 aromatic rings. The van der Waals surface area contributed by atoms with Crippen LogP contribution in [0.15, 0.2) is 60.8 Å². The van der Waals surface area contributed by atoms with Crippen molar-refractivity contribution in [1.82, 2.24) is 14.4 Å². The van der Waals surface area contributed by atoms with E-state index in [0.29, 0.717) is 31.0 Å². The Hall–Kier alpha value is -3.32. The van der Waals surface area contributed by atoms with Gasteiger partial charge in [-0.25, -0.2) is 4.79 Å². The number of fused-ring (bicyclic) bond motifs is 1. The van der Waals surface area contributed by atoms with Gasteiger partial charge in [-0.2, -0.15) is 0 Å². The highest BCUT2D eigenvalue weighted by Gasteiger charge is 2.51. The molecule has 0 bridgehead atoms. The Labute approximate surface area is 197 Å². The van der Waals surface area contributed by atoms with Crippen LogP contribution in [0.2, 0.25) is 5.02 Å². The lowest BCUT2D eigenvalue weighted by Gasteiger charge is -2.50. The maximum Gasteiger partial charge on any atom is 0.329 e. The Morgan fingerprint density at radius 2 is 1.82 bits per heavy atom. The molecular formula is C25H26ClN3O4. The number of hydrogen-bond donors (Lipinski definition) is 1. The first-order valence-electron chi connectivity index (χ1n) is 10.9. The summed E-state index contributed by atoms with van der Waals surface area (Å²) < 4.78 is 1.58. The molecule has 1 unspecified atom stereocenters. The molecule has 0 spiro atoms. The third-order valence-corrected chi connectivity index (χ3v) is 6.56. The molecular weight excluding hydrogens is 442 g/mol. The molecule has 1 aromatic heterocycles. The number of aliphatic carboxylic acids is 1. The first kappa shape index (κ1) is 22.9. The maximum atomic E-state index is 13.7. The van der Waals surface area contributed by atoms with Gasteiger partial charge in [0, 0.05) is 42.7 Å². The number of likely N-dealkylation sites (tertiary alicyclic amines) is 1. The van der Waals surface area contributed by atoms with Gasteiger partial charge >= 0.3 is 12.0 Å². The summed E-state index contributed by atoms with van der Waals surface area (Å²) in [6.45, 7) is 2.88. The zero-order valence-corrected chi connectivity index (χ0v) is 19.2. The van der Waals surface area contributed by atoms with E-state index in [4.69, 9.17) is 16.7 Å². The number of aromatic nitrogens is 1. The van der Waals surface area contributed by atoms with Crippen LogP contribution in [-0.4, -0.2) is 56.0 Å². The molecule has 4 rings (SSSR count). The lowest BCUT2D eigenvalue weighted by Crippen LogP contribution is -2.68. The van der Waals surface area contributed by atoms with E-state index in [0.717, 1.165) is 16.5 Å². The molecule has 7 nitrogen and oxygen atoms in total. The van der Waals surface area contributed by atoms with Crippen molar-refractivity contribution in [2.24, 2.45) is 0 Å². The molecule has 1 N–H and O–H groups in total. The van der Waals surface area contributed by atoms with Gasteiger partial charge in [0.1, 0.15) is 5.54 Å². The van der Waals surface area contributed by atoms with Gasteiger partial charge in [-0.3, -0.25) is 14.2 Å². The van der Waals surface area contributed by atoms with Crippen LogP contribution in [0.1, 0.15) is 31.7 Å². The highest BCUT2D eigenvalue weighted by atomic mass is 35.5. The molecule has 2 amide bonds. The number of nitrogens with zero attached hydrogens (tertiary/aromatic N) is 3. The standard InChI is InChI=1S/C25H26ClN3O4/c1-25(13-16-29(25)24(33)28-15-12-19-5-2-3-6-21(19)28)23(32)27(14-4-7-22(30)31)17-18-8-10-20(26)11-9-18/h2-3,5-6,8-12,15H,4,7,13-14,16-17H2,1H3,(H,30,31). The van der Waals surface area contributed by atoms with Crippen molar-refractivity contribution in [2.75, 3.05) is 13.1 Å². The van der Waals surface area contributed by atoms with Crippen molar-refractivity contribution < 1.29 is 19.5 Å². The molecule has 1 fully saturated rings. The molecule has 2 heterocycles. The van der Waals surface area contributed by atoms with Gasteiger partial charge in [-0.05, 0) is 49.6 Å². The first-order valence-corrected chi connectivity index (χ1v) is 11.3. The van der Waals surface area contributed by atoms with Gasteiger partial charge in [0.25, 0.3) is 0 Å². The van der Waals surface area contributed by atoms with Crippen molar-refractivity contribution >= 4 is 40.4 Å². The van der Waals surface area contributed by atoms with Crippen molar-refractivity contribution in [3.05, 3.63) is 71.4 Å². The molecule has 33 heavy (non-hydrogen) atoms. The Morgan fingerprint density at radius 1 is 1.09 bits per heavy atom. The Bertz CT molecular complexity index is 1190. The third kappa shape index (κ3) is 4.59. The molecule has 0 aliphatic carbocycles. The predicted molar refractivity (Wildman–Crippen MR) is 126 cm³/mol. The van der Waals surface area contributed by atoms with E-state index < -0.39 is 11.5 Å². The number of hydrogen-bond acceptors (Lipinski definition) is 3. The summed E-state index contributed by atoms with van der Waals surface area (Å²) in [6.07, 6.45) is 2.58. The van der Waals surface area contributed by atoms with Crippen molar-refractivity contribution in [3.63, 3.8) is 0 Å². The fourth-order valence-electron chi connectivity index (χ4n) is 4.29. The lowest BCUT2D eigenvalue weighted by molar-refractivity contribution is -0.149. The van der Waals surface area contributed by atoms with Crippen LogP contribution in [0.3, 0.4) is 0 Å².